The van der Waals surface area contributed by atoms with E-state index in [1.807, 2.05) is 12.1 Å². The Balaban J connectivity index is 0.00000320. The minimum Gasteiger partial charge on any atom is -0.353 e. The van der Waals surface area contributed by atoms with Crippen molar-refractivity contribution in [3.63, 3.8) is 0 Å². The fraction of sp³-hybridized carbons (Fsp3) is 0.364. The summed E-state index contributed by atoms with van der Waals surface area (Å²) in [5, 5.41) is 6.36. The van der Waals surface area contributed by atoms with E-state index < -0.39 is 11.6 Å². The van der Waals surface area contributed by atoms with Gasteiger partial charge >= 0.3 is 0 Å². The van der Waals surface area contributed by atoms with Gasteiger partial charge in [0.15, 0.2) is 5.96 Å². The first kappa shape index (κ1) is 24.0. The Hall–Kier alpha value is -2.23. The quantitative estimate of drug-likeness (QED) is 0.356. The summed E-state index contributed by atoms with van der Waals surface area (Å²) < 4.78 is 27.4. The van der Waals surface area contributed by atoms with Crippen LogP contribution in [0.15, 0.2) is 47.5 Å². The molecule has 1 unspecified atom stereocenters. The smallest absolute Gasteiger partial charge is 0.241 e. The lowest BCUT2D eigenvalue weighted by Crippen LogP contribution is -2.48. The average molecular weight is 528 g/mol. The second kappa shape index (κ2) is 11.2. The summed E-state index contributed by atoms with van der Waals surface area (Å²) >= 11 is 0. The molecule has 1 atom stereocenters. The number of fused-ring (bicyclic) bond motifs is 1. The van der Waals surface area contributed by atoms with Gasteiger partial charge in [-0.05, 0) is 48.6 Å². The predicted octanol–water partition coefficient (Wildman–Crippen LogP) is 3.26. The minimum atomic E-state index is -0.509. The summed E-state index contributed by atoms with van der Waals surface area (Å²) in [6, 6.07) is 11.8. The van der Waals surface area contributed by atoms with Crippen molar-refractivity contribution in [2.24, 2.45) is 4.99 Å². The van der Waals surface area contributed by atoms with Crippen molar-refractivity contribution in [2.45, 2.75) is 31.8 Å². The Morgan fingerprint density at radius 3 is 2.63 bits per heavy atom. The molecule has 0 aromatic heterocycles. The standard InChI is InChI=1S/C22H26F2N4O.HI/c1-28(2)21(29)14-26-22(25-13-17-11-18(23)8-10-20(17)24)27-19-9-7-15-5-3-4-6-16(15)12-19;/h3-6,8,10-11,19H,7,9,12-14H2,1-2H3,(H2,25,26,27);1H. The molecule has 162 valence electrons. The zero-order valence-electron chi connectivity index (χ0n) is 17.1. The number of guanidine groups is 1. The maximum absolute atomic E-state index is 13.9. The number of benzene rings is 2. The summed E-state index contributed by atoms with van der Waals surface area (Å²) in [6.07, 6.45) is 2.72. The first-order valence-corrected chi connectivity index (χ1v) is 9.68. The number of aliphatic imine (C=N–C) groups is 1. The molecule has 0 bridgehead atoms. The highest BCUT2D eigenvalue weighted by Gasteiger charge is 2.19. The largest absolute Gasteiger partial charge is 0.353 e. The first-order chi connectivity index (χ1) is 13.9. The van der Waals surface area contributed by atoms with Gasteiger partial charge in [0.25, 0.3) is 0 Å². The predicted molar refractivity (Wildman–Crippen MR) is 125 cm³/mol. The van der Waals surface area contributed by atoms with Gasteiger partial charge < -0.3 is 15.5 Å². The molecule has 0 aliphatic heterocycles. The number of amides is 1. The van der Waals surface area contributed by atoms with Gasteiger partial charge in [-0.15, -0.1) is 24.0 Å². The van der Waals surface area contributed by atoms with Gasteiger partial charge in [-0.2, -0.15) is 0 Å². The van der Waals surface area contributed by atoms with Crippen LogP contribution in [0.1, 0.15) is 23.1 Å². The van der Waals surface area contributed by atoms with E-state index in [1.165, 1.54) is 16.0 Å². The number of carbonyl (C=O) groups excluding carboxylic acids is 1. The van der Waals surface area contributed by atoms with Crippen LogP contribution in [0.2, 0.25) is 0 Å². The number of likely N-dealkylation sites (N-methyl/N-ethyl adjacent to an activating group) is 1. The lowest BCUT2D eigenvalue weighted by Gasteiger charge is -2.27. The highest BCUT2D eigenvalue weighted by atomic mass is 127. The van der Waals surface area contributed by atoms with Crippen LogP contribution in [0, 0.1) is 11.6 Å². The maximum Gasteiger partial charge on any atom is 0.241 e. The van der Waals surface area contributed by atoms with Crippen molar-refractivity contribution in [1.82, 2.24) is 15.5 Å². The van der Waals surface area contributed by atoms with Crippen molar-refractivity contribution >= 4 is 35.8 Å². The van der Waals surface area contributed by atoms with Crippen LogP contribution in [-0.4, -0.2) is 43.4 Å². The Labute approximate surface area is 193 Å². The van der Waals surface area contributed by atoms with E-state index >= 15 is 0 Å². The van der Waals surface area contributed by atoms with E-state index in [9.17, 15) is 13.6 Å². The molecule has 1 aliphatic rings. The summed E-state index contributed by atoms with van der Waals surface area (Å²) in [5.41, 5.74) is 2.80. The fourth-order valence-corrected chi connectivity index (χ4v) is 3.31. The SMILES string of the molecule is CN(C)C(=O)CNC(=NCc1cc(F)ccc1F)NC1CCc2ccccc2C1.I. The maximum atomic E-state index is 13.9. The Morgan fingerprint density at radius 1 is 1.17 bits per heavy atom. The van der Waals surface area contributed by atoms with E-state index in [0.29, 0.717) is 5.96 Å². The molecular formula is C22H27F2IN4O. The summed E-state index contributed by atoms with van der Waals surface area (Å²) in [4.78, 5) is 17.8. The third-order valence-electron chi connectivity index (χ3n) is 5.01. The molecule has 0 saturated heterocycles. The normalized spacial score (nSPS) is 15.6. The van der Waals surface area contributed by atoms with Gasteiger partial charge in [0.05, 0.1) is 13.1 Å². The van der Waals surface area contributed by atoms with Gasteiger partial charge in [-0.25, -0.2) is 13.8 Å². The van der Waals surface area contributed by atoms with Crippen LogP contribution < -0.4 is 10.6 Å². The van der Waals surface area contributed by atoms with Gasteiger partial charge in [-0.3, -0.25) is 4.79 Å². The second-order valence-electron chi connectivity index (χ2n) is 7.40. The van der Waals surface area contributed by atoms with Crippen molar-refractivity contribution in [1.29, 1.82) is 0 Å². The number of aryl methyl sites for hydroxylation is 1. The highest BCUT2D eigenvalue weighted by molar-refractivity contribution is 14.0. The molecule has 0 radical (unpaired) electrons. The topological polar surface area (TPSA) is 56.7 Å². The Kier molecular flexibility index (Phi) is 9.01. The van der Waals surface area contributed by atoms with Crippen LogP contribution >= 0.6 is 24.0 Å². The van der Waals surface area contributed by atoms with Crippen molar-refractivity contribution in [2.75, 3.05) is 20.6 Å². The lowest BCUT2D eigenvalue weighted by atomic mass is 9.88. The lowest BCUT2D eigenvalue weighted by molar-refractivity contribution is -0.127. The zero-order chi connectivity index (χ0) is 20.8. The fourth-order valence-electron chi connectivity index (χ4n) is 3.31. The molecule has 3 rings (SSSR count). The van der Waals surface area contributed by atoms with Gasteiger partial charge in [0, 0.05) is 25.7 Å². The summed E-state index contributed by atoms with van der Waals surface area (Å²) in [7, 11) is 3.35. The molecule has 2 aromatic carbocycles. The number of nitrogens with one attached hydrogen (secondary N) is 2. The number of rotatable bonds is 5. The molecule has 5 nitrogen and oxygen atoms in total. The van der Waals surface area contributed by atoms with Crippen LogP contribution in [0.4, 0.5) is 8.78 Å². The van der Waals surface area contributed by atoms with Crippen molar-refractivity contribution < 1.29 is 13.6 Å². The molecule has 1 amide bonds. The first-order valence-electron chi connectivity index (χ1n) is 9.68. The van der Waals surface area contributed by atoms with Crippen LogP contribution in [-0.2, 0) is 24.2 Å². The van der Waals surface area contributed by atoms with E-state index in [0.717, 1.165) is 37.5 Å². The number of halogens is 3. The van der Waals surface area contributed by atoms with Gasteiger partial charge in [-0.1, -0.05) is 24.3 Å². The van der Waals surface area contributed by atoms with Crippen LogP contribution in [0.25, 0.3) is 0 Å². The Bertz CT molecular complexity index is 904. The van der Waals surface area contributed by atoms with E-state index in [-0.39, 0.29) is 54.6 Å². The van der Waals surface area contributed by atoms with Crippen molar-refractivity contribution in [3.8, 4) is 0 Å². The number of nitrogens with zero attached hydrogens (tertiary/aromatic N) is 2. The highest BCUT2D eigenvalue weighted by Crippen LogP contribution is 2.21. The molecular weight excluding hydrogens is 501 g/mol. The third kappa shape index (κ3) is 6.65. The van der Waals surface area contributed by atoms with Crippen LogP contribution in [0.3, 0.4) is 0 Å². The van der Waals surface area contributed by atoms with E-state index in [4.69, 9.17) is 0 Å². The average Bonchev–Trinajstić information content (AvgIpc) is 2.71. The Morgan fingerprint density at radius 2 is 1.90 bits per heavy atom. The molecule has 2 aromatic rings. The minimum absolute atomic E-state index is 0. The molecule has 0 fully saturated rings. The zero-order valence-corrected chi connectivity index (χ0v) is 19.5. The summed E-state index contributed by atoms with van der Waals surface area (Å²) in [6.45, 7) is 0.0339. The number of carbonyl (C=O) groups is 1. The summed E-state index contributed by atoms with van der Waals surface area (Å²) in [5.74, 6) is -0.713. The molecule has 0 heterocycles. The monoisotopic (exact) mass is 528 g/mol. The molecule has 1 aliphatic carbocycles. The van der Waals surface area contributed by atoms with Crippen LogP contribution in [0.5, 0.6) is 0 Å². The number of hydrogen-bond donors (Lipinski definition) is 2. The second-order valence-corrected chi connectivity index (χ2v) is 7.40. The van der Waals surface area contributed by atoms with Crippen molar-refractivity contribution in [3.05, 3.63) is 70.8 Å². The molecule has 8 heteroatoms. The third-order valence-corrected chi connectivity index (χ3v) is 5.01. The van der Waals surface area contributed by atoms with E-state index in [2.05, 4.69) is 27.8 Å². The van der Waals surface area contributed by atoms with Gasteiger partial charge in [0.1, 0.15) is 11.6 Å². The molecule has 0 saturated carbocycles. The molecule has 2 N–H and O–H groups in total. The molecule has 0 spiro atoms. The molecule has 30 heavy (non-hydrogen) atoms. The number of hydrogen-bond acceptors (Lipinski definition) is 2. The van der Waals surface area contributed by atoms with Gasteiger partial charge in [0.2, 0.25) is 5.91 Å². The van der Waals surface area contributed by atoms with E-state index in [1.54, 1.807) is 14.1 Å².